The maximum Gasteiger partial charge on any atom is 0.319 e. The van der Waals surface area contributed by atoms with Crippen molar-refractivity contribution in [1.82, 2.24) is 14.9 Å². The first-order valence-corrected chi connectivity index (χ1v) is 9.53. The Kier molecular flexibility index (Phi) is 5.19. The molecular weight excluding hydrogens is 336 g/mol. The van der Waals surface area contributed by atoms with E-state index in [9.17, 15) is 4.79 Å². The third kappa shape index (κ3) is 4.19. The van der Waals surface area contributed by atoms with Crippen molar-refractivity contribution in [2.24, 2.45) is 0 Å². The first-order valence-electron chi connectivity index (χ1n) is 9.53. The topological polar surface area (TPSA) is 59.0 Å². The number of hydrogen-bond donors (Lipinski definition) is 2. The molecule has 0 spiro atoms. The van der Waals surface area contributed by atoms with E-state index >= 15 is 0 Å². The van der Waals surface area contributed by atoms with Crippen molar-refractivity contribution in [3.63, 3.8) is 0 Å². The van der Waals surface area contributed by atoms with E-state index in [2.05, 4.69) is 38.4 Å². The Hall–Kier alpha value is -3.08. The van der Waals surface area contributed by atoms with Gasteiger partial charge in [-0.25, -0.2) is 9.78 Å². The van der Waals surface area contributed by atoms with Crippen LogP contribution < -0.4 is 10.6 Å². The maximum absolute atomic E-state index is 12.2. The van der Waals surface area contributed by atoms with E-state index in [1.54, 1.807) is 0 Å². The van der Waals surface area contributed by atoms with Gasteiger partial charge in [0.1, 0.15) is 5.82 Å². The number of aryl methyl sites for hydroxylation is 2. The zero-order chi connectivity index (χ0) is 18.5. The summed E-state index contributed by atoms with van der Waals surface area (Å²) in [6.45, 7) is 1.67. The van der Waals surface area contributed by atoms with Gasteiger partial charge in [-0.05, 0) is 37.0 Å². The Morgan fingerprint density at radius 3 is 2.89 bits per heavy atom. The lowest BCUT2D eigenvalue weighted by Crippen LogP contribution is -2.29. The molecule has 1 aromatic heterocycles. The molecule has 4 rings (SSSR count). The summed E-state index contributed by atoms with van der Waals surface area (Å²) in [6, 6.07) is 18.1. The Morgan fingerprint density at radius 2 is 2.00 bits per heavy atom. The number of amides is 2. The number of anilines is 1. The number of carbonyl (C=O) groups excluding carboxylic acids is 1. The van der Waals surface area contributed by atoms with Gasteiger partial charge in [0.15, 0.2) is 0 Å². The third-order valence-corrected chi connectivity index (χ3v) is 4.91. The van der Waals surface area contributed by atoms with E-state index in [0.29, 0.717) is 6.54 Å². The average molecular weight is 360 g/mol. The molecule has 5 nitrogen and oxygen atoms in total. The molecular formula is C22H24N4O. The van der Waals surface area contributed by atoms with Crippen LogP contribution in [-0.2, 0) is 19.4 Å². The minimum Gasteiger partial charge on any atom is -0.338 e. The second kappa shape index (κ2) is 8.08. The average Bonchev–Trinajstić information content (AvgIpc) is 3.30. The predicted octanol–water partition coefficient (Wildman–Crippen LogP) is 4.25. The first kappa shape index (κ1) is 17.3. The number of urea groups is 1. The van der Waals surface area contributed by atoms with Crippen molar-refractivity contribution in [3.05, 3.63) is 72.2 Å². The number of nitrogens with zero attached hydrogens (tertiary/aromatic N) is 2. The molecule has 5 heteroatoms. The summed E-state index contributed by atoms with van der Waals surface area (Å²) in [5.74, 6) is 1.15. The Labute approximate surface area is 159 Å². The fourth-order valence-corrected chi connectivity index (χ4v) is 3.56. The van der Waals surface area contributed by atoms with Gasteiger partial charge >= 0.3 is 6.03 Å². The molecule has 2 amide bonds. The summed E-state index contributed by atoms with van der Waals surface area (Å²) < 4.78 is 2.27. The number of nitrogens with one attached hydrogen (secondary N) is 2. The number of imidazole rings is 1. The van der Waals surface area contributed by atoms with Crippen LogP contribution in [-0.4, -0.2) is 22.1 Å². The molecule has 2 N–H and O–H groups in total. The van der Waals surface area contributed by atoms with Crippen LogP contribution in [0.3, 0.4) is 0 Å². The fraction of sp³-hybridized carbons (Fsp3) is 0.273. The number of benzene rings is 2. The third-order valence-electron chi connectivity index (χ3n) is 4.91. The van der Waals surface area contributed by atoms with E-state index < -0.39 is 0 Å². The molecule has 1 aliphatic heterocycles. The molecule has 27 heavy (non-hydrogen) atoms. The summed E-state index contributed by atoms with van der Waals surface area (Å²) >= 11 is 0. The van der Waals surface area contributed by atoms with Crippen molar-refractivity contribution in [1.29, 1.82) is 0 Å². The van der Waals surface area contributed by atoms with Crippen LogP contribution in [0.2, 0.25) is 0 Å². The van der Waals surface area contributed by atoms with Gasteiger partial charge in [0.05, 0.1) is 11.9 Å². The normalized spacial score (nSPS) is 12.6. The molecule has 0 atom stereocenters. The summed E-state index contributed by atoms with van der Waals surface area (Å²) in [6.07, 6.45) is 6.00. The molecule has 2 heterocycles. The zero-order valence-electron chi connectivity index (χ0n) is 15.3. The summed E-state index contributed by atoms with van der Waals surface area (Å²) in [5.41, 5.74) is 4.29. The number of aromatic nitrogens is 2. The SMILES string of the molecule is O=C(NCCCc1ccccc1)Nc1cccc(-c2cnc3n2CCC3)c1. The van der Waals surface area contributed by atoms with E-state index in [1.807, 2.05) is 42.6 Å². The molecule has 3 aromatic rings. The van der Waals surface area contributed by atoms with E-state index in [1.165, 1.54) is 5.56 Å². The maximum atomic E-state index is 12.2. The first-order chi connectivity index (χ1) is 13.3. The van der Waals surface area contributed by atoms with Crippen LogP contribution >= 0.6 is 0 Å². The molecule has 0 aliphatic carbocycles. The fourth-order valence-electron chi connectivity index (χ4n) is 3.56. The van der Waals surface area contributed by atoms with Gasteiger partial charge in [0, 0.05) is 30.8 Å². The second-order valence-corrected chi connectivity index (χ2v) is 6.87. The molecule has 0 fully saturated rings. The standard InChI is InChI=1S/C22H24N4O/c27-22(23-13-5-9-17-7-2-1-3-8-17)25-19-11-4-10-18(15-19)20-16-24-21-12-6-14-26(20)21/h1-4,7-8,10-11,15-16H,5-6,9,12-14H2,(H2,23,25,27). The molecule has 0 unspecified atom stereocenters. The van der Waals surface area contributed by atoms with Gasteiger partial charge in [0.2, 0.25) is 0 Å². The van der Waals surface area contributed by atoms with Crippen LogP contribution in [0.15, 0.2) is 60.8 Å². The number of carbonyl (C=O) groups is 1. The number of fused-ring (bicyclic) bond motifs is 1. The van der Waals surface area contributed by atoms with Crippen molar-refractivity contribution < 1.29 is 4.79 Å². The minimum atomic E-state index is -0.168. The molecule has 0 radical (unpaired) electrons. The van der Waals surface area contributed by atoms with Gasteiger partial charge in [-0.3, -0.25) is 0 Å². The van der Waals surface area contributed by atoms with Gasteiger partial charge in [0.25, 0.3) is 0 Å². The second-order valence-electron chi connectivity index (χ2n) is 6.87. The van der Waals surface area contributed by atoms with Crippen LogP contribution in [0, 0.1) is 0 Å². The molecule has 0 saturated heterocycles. The zero-order valence-corrected chi connectivity index (χ0v) is 15.3. The highest BCUT2D eigenvalue weighted by molar-refractivity contribution is 5.90. The summed E-state index contributed by atoms with van der Waals surface area (Å²) in [5, 5.41) is 5.86. The van der Waals surface area contributed by atoms with Crippen LogP contribution in [0.1, 0.15) is 24.2 Å². The largest absolute Gasteiger partial charge is 0.338 e. The van der Waals surface area contributed by atoms with Crippen LogP contribution in [0.5, 0.6) is 0 Å². The number of hydrogen-bond acceptors (Lipinski definition) is 2. The van der Waals surface area contributed by atoms with Crippen LogP contribution in [0.25, 0.3) is 11.3 Å². The highest BCUT2D eigenvalue weighted by atomic mass is 16.2. The van der Waals surface area contributed by atoms with Gasteiger partial charge in [-0.15, -0.1) is 0 Å². The van der Waals surface area contributed by atoms with Gasteiger partial charge < -0.3 is 15.2 Å². The van der Waals surface area contributed by atoms with Gasteiger partial charge in [-0.1, -0.05) is 42.5 Å². The highest BCUT2D eigenvalue weighted by Crippen LogP contribution is 2.27. The van der Waals surface area contributed by atoms with Crippen molar-refractivity contribution in [3.8, 4) is 11.3 Å². The quantitative estimate of drug-likeness (QED) is 0.646. The molecule has 0 saturated carbocycles. The minimum absolute atomic E-state index is 0.168. The summed E-state index contributed by atoms with van der Waals surface area (Å²) in [7, 11) is 0. The van der Waals surface area contributed by atoms with E-state index in [0.717, 1.165) is 55.0 Å². The Balaban J connectivity index is 1.31. The van der Waals surface area contributed by atoms with Gasteiger partial charge in [-0.2, -0.15) is 0 Å². The predicted molar refractivity (Wildman–Crippen MR) is 108 cm³/mol. The molecule has 2 aromatic carbocycles. The monoisotopic (exact) mass is 360 g/mol. The Bertz CT molecular complexity index is 917. The van der Waals surface area contributed by atoms with Crippen molar-refractivity contribution in [2.75, 3.05) is 11.9 Å². The van der Waals surface area contributed by atoms with E-state index in [4.69, 9.17) is 0 Å². The Morgan fingerprint density at radius 1 is 1.11 bits per heavy atom. The lowest BCUT2D eigenvalue weighted by atomic mass is 10.1. The highest BCUT2D eigenvalue weighted by Gasteiger charge is 2.16. The number of rotatable bonds is 6. The van der Waals surface area contributed by atoms with Crippen LogP contribution in [0.4, 0.5) is 10.5 Å². The van der Waals surface area contributed by atoms with E-state index in [-0.39, 0.29) is 6.03 Å². The summed E-state index contributed by atoms with van der Waals surface area (Å²) in [4.78, 5) is 16.7. The smallest absolute Gasteiger partial charge is 0.319 e. The molecule has 1 aliphatic rings. The van der Waals surface area contributed by atoms with Crippen molar-refractivity contribution in [2.45, 2.75) is 32.2 Å². The lowest BCUT2D eigenvalue weighted by Gasteiger charge is -2.10. The molecule has 0 bridgehead atoms. The molecule has 138 valence electrons. The lowest BCUT2D eigenvalue weighted by molar-refractivity contribution is 0.252. The van der Waals surface area contributed by atoms with Crippen molar-refractivity contribution >= 4 is 11.7 Å².